The molecule has 0 aromatic heterocycles. The number of carbonyl (C=O) groups excluding carboxylic acids is 2. The van der Waals surface area contributed by atoms with Gasteiger partial charge in [0.25, 0.3) is 0 Å². The van der Waals surface area contributed by atoms with Gasteiger partial charge in [0.15, 0.2) is 0 Å². The molecule has 0 aliphatic rings. The first-order valence-corrected chi connectivity index (χ1v) is 7.54. The van der Waals surface area contributed by atoms with E-state index in [9.17, 15) is 9.59 Å². The maximum absolute atomic E-state index is 12.3. The lowest BCUT2D eigenvalue weighted by Crippen LogP contribution is -2.41. The molecule has 2 amide bonds. The number of nitriles is 1. The molecule has 5 heteroatoms. The second-order valence-electron chi connectivity index (χ2n) is 5.35. The topological polar surface area (TPSA) is 73.2 Å². The molecule has 2 aromatic rings. The van der Waals surface area contributed by atoms with Crippen molar-refractivity contribution in [2.75, 3.05) is 18.4 Å². The molecule has 2 rings (SSSR count). The van der Waals surface area contributed by atoms with Crippen molar-refractivity contribution >= 4 is 28.3 Å². The van der Waals surface area contributed by atoms with E-state index in [1.54, 1.807) is 19.9 Å². The molecule has 5 nitrogen and oxygen atoms in total. The molecule has 23 heavy (non-hydrogen) atoms. The number of likely N-dealkylation sites (N-methyl/N-ethyl adjacent to an activating group) is 1. The molecule has 1 atom stereocenters. The smallest absolute Gasteiger partial charge is 0.313 e. The van der Waals surface area contributed by atoms with Crippen LogP contribution in [0.15, 0.2) is 42.5 Å². The van der Waals surface area contributed by atoms with Gasteiger partial charge < -0.3 is 10.2 Å². The van der Waals surface area contributed by atoms with Crippen molar-refractivity contribution in [3.8, 4) is 6.07 Å². The van der Waals surface area contributed by atoms with Gasteiger partial charge in [0, 0.05) is 24.2 Å². The summed E-state index contributed by atoms with van der Waals surface area (Å²) in [6.45, 7) is 4.13. The maximum Gasteiger partial charge on any atom is 0.313 e. The zero-order valence-corrected chi connectivity index (χ0v) is 13.2. The molecule has 2 aromatic carbocycles. The predicted molar refractivity (Wildman–Crippen MR) is 89.6 cm³/mol. The Kier molecular flexibility index (Phi) is 5.32. The number of benzene rings is 2. The molecule has 0 bridgehead atoms. The van der Waals surface area contributed by atoms with E-state index in [4.69, 9.17) is 5.26 Å². The highest BCUT2D eigenvalue weighted by molar-refractivity contribution is 6.40. The van der Waals surface area contributed by atoms with Crippen LogP contribution < -0.4 is 5.32 Å². The SMILES string of the molecule is CCN(CC(C)C#N)C(=O)C(=O)Nc1cccc2ccccc12. The third kappa shape index (κ3) is 3.86. The van der Waals surface area contributed by atoms with Gasteiger partial charge in [-0.25, -0.2) is 0 Å². The Bertz CT molecular complexity index is 759. The molecule has 0 spiro atoms. The lowest BCUT2D eigenvalue weighted by Gasteiger charge is -2.21. The van der Waals surface area contributed by atoms with Gasteiger partial charge in [0.05, 0.1) is 12.0 Å². The highest BCUT2D eigenvalue weighted by Crippen LogP contribution is 2.22. The van der Waals surface area contributed by atoms with Crippen molar-refractivity contribution in [3.05, 3.63) is 42.5 Å². The third-order valence-electron chi connectivity index (χ3n) is 3.62. The third-order valence-corrected chi connectivity index (χ3v) is 3.62. The summed E-state index contributed by atoms with van der Waals surface area (Å²) in [4.78, 5) is 25.9. The molecule has 0 aliphatic heterocycles. The largest absolute Gasteiger partial charge is 0.333 e. The Morgan fingerprint density at radius 1 is 1.22 bits per heavy atom. The summed E-state index contributed by atoms with van der Waals surface area (Å²) in [7, 11) is 0. The Labute approximate surface area is 135 Å². The van der Waals surface area contributed by atoms with E-state index in [1.807, 2.05) is 36.4 Å². The number of anilines is 1. The standard InChI is InChI=1S/C18H19N3O2/c1-3-21(12-13(2)11-19)18(23)17(22)20-16-10-6-8-14-7-4-5-9-15(14)16/h4-10,13H,3,12H2,1-2H3,(H,20,22). The van der Waals surface area contributed by atoms with E-state index < -0.39 is 11.8 Å². The van der Waals surface area contributed by atoms with E-state index in [2.05, 4.69) is 11.4 Å². The number of nitrogens with one attached hydrogen (secondary N) is 1. The van der Waals surface area contributed by atoms with Crippen LogP contribution >= 0.6 is 0 Å². The van der Waals surface area contributed by atoms with Gasteiger partial charge in [0.2, 0.25) is 0 Å². The van der Waals surface area contributed by atoms with Crippen molar-refractivity contribution in [1.82, 2.24) is 4.90 Å². The Hall–Kier alpha value is -2.87. The summed E-state index contributed by atoms with van der Waals surface area (Å²) in [6.07, 6.45) is 0. The minimum atomic E-state index is -0.687. The molecule has 0 saturated heterocycles. The molecule has 1 unspecified atom stereocenters. The molecule has 0 heterocycles. The molecule has 0 saturated carbocycles. The molecule has 118 valence electrons. The zero-order valence-electron chi connectivity index (χ0n) is 13.2. The Morgan fingerprint density at radius 3 is 2.61 bits per heavy atom. The summed E-state index contributed by atoms with van der Waals surface area (Å²) >= 11 is 0. The summed E-state index contributed by atoms with van der Waals surface area (Å²) in [5, 5.41) is 13.4. The first kappa shape index (κ1) is 16.5. The first-order valence-electron chi connectivity index (χ1n) is 7.54. The molecular formula is C18H19N3O2. The van der Waals surface area contributed by atoms with Crippen molar-refractivity contribution in [2.45, 2.75) is 13.8 Å². The second-order valence-corrected chi connectivity index (χ2v) is 5.35. The van der Waals surface area contributed by atoms with Crippen LogP contribution in [0.2, 0.25) is 0 Å². The first-order chi connectivity index (χ1) is 11.1. The van der Waals surface area contributed by atoms with Crippen LogP contribution in [0.5, 0.6) is 0 Å². The monoisotopic (exact) mass is 309 g/mol. The average molecular weight is 309 g/mol. The van der Waals surface area contributed by atoms with Gasteiger partial charge in [-0.05, 0) is 25.3 Å². The summed E-state index contributed by atoms with van der Waals surface area (Å²) < 4.78 is 0. The van der Waals surface area contributed by atoms with Crippen LogP contribution in [-0.4, -0.2) is 29.8 Å². The van der Waals surface area contributed by atoms with E-state index in [0.717, 1.165) is 10.8 Å². The van der Waals surface area contributed by atoms with Crippen LogP contribution in [0.1, 0.15) is 13.8 Å². The van der Waals surface area contributed by atoms with Gasteiger partial charge in [-0.1, -0.05) is 36.4 Å². The summed E-state index contributed by atoms with van der Waals surface area (Å²) in [5.74, 6) is -1.62. The highest BCUT2D eigenvalue weighted by atomic mass is 16.2. The normalized spacial score (nSPS) is 11.5. The van der Waals surface area contributed by atoms with Gasteiger partial charge in [-0.2, -0.15) is 5.26 Å². The van der Waals surface area contributed by atoms with E-state index in [1.165, 1.54) is 4.90 Å². The fourth-order valence-corrected chi connectivity index (χ4v) is 2.38. The fourth-order valence-electron chi connectivity index (χ4n) is 2.38. The van der Waals surface area contributed by atoms with E-state index in [0.29, 0.717) is 12.2 Å². The minimum absolute atomic E-state index is 0.245. The summed E-state index contributed by atoms with van der Waals surface area (Å²) in [5.41, 5.74) is 0.603. The van der Waals surface area contributed by atoms with E-state index in [-0.39, 0.29) is 12.5 Å². The molecule has 0 aliphatic carbocycles. The van der Waals surface area contributed by atoms with Crippen LogP contribution in [0.25, 0.3) is 10.8 Å². The number of rotatable bonds is 4. The van der Waals surface area contributed by atoms with E-state index >= 15 is 0 Å². The molecule has 1 N–H and O–H groups in total. The second kappa shape index (κ2) is 7.41. The minimum Gasteiger partial charge on any atom is -0.333 e. The molecular weight excluding hydrogens is 290 g/mol. The summed E-state index contributed by atoms with van der Waals surface area (Å²) in [6, 6.07) is 15.3. The number of amides is 2. The Balaban J connectivity index is 2.17. The van der Waals surface area contributed by atoms with Crippen molar-refractivity contribution in [1.29, 1.82) is 5.26 Å². The van der Waals surface area contributed by atoms with Gasteiger partial charge >= 0.3 is 11.8 Å². The van der Waals surface area contributed by atoms with Gasteiger partial charge in [-0.3, -0.25) is 9.59 Å². The van der Waals surface area contributed by atoms with Gasteiger partial charge in [0.1, 0.15) is 0 Å². The number of hydrogen-bond donors (Lipinski definition) is 1. The maximum atomic E-state index is 12.3. The lowest BCUT2D eigenvalue weighted by molar-refractivity contribution is -0.143. The highest BCUT2D eigenvalue weighted by Gasteiger charge is 2.22. The van der Waals surface area contributed by atoms with Crippen LogP contribution in [0, 0.1) is 17.2 Å². The van der Waals surface area contributed by atoms with Crippen LogP contribution in [-0.2, 0) is 9.59 Å². The fraction of sp³-hybridized carbons (Fsp3) is 0.278. The number of fused-ring (bicyclic) bond motifs is 1. The predicted octanol–water partition coefficient (Wildman–Crippen LogP) is 2.79. The Morgan fingerprint density at radius 2 is 1.91 bits per heavy atom. The molecule has 0 fully saturated rings. The number of hydrogen-bond acceptors (Lipinski definition) is 3. The average Bonchev–Trinajstić information content (AvgIpc) is 2.59. The number of nitrogens with zero attached hydrogens (tertiary/aromatic N) is 2. The number of carbonyl (C=O) groups is 2. The quantitative estimate of drug-likeness (QED) is 0.883. The van der Waals surface area contributed by atoms with Crippen molar-refractivity contribution in [3.63, 3.8) is 0 Å². The van der Waals surface area contributed by atoms with Crippen LogP contribution in [0.3, 0.4) is 0 Å². The zero-order chi connectivity index (χ0) is 16.8. The van der Waals surface area contributed by atoms with Crippen molar-refractivity contribution < 1.29 is 9.59 Å². The molecule has 0 radical (unpaired) electrons. The van der Waals surface area contributed by atoms with Crippen molar-refractivity contribution in [2.24, 2.45) is 5.92 Å². The van der Waals surface area contributed by atoms with Crippen LogP contribution in [0.4, 0.5) is 5.69 Å². The lowest BCUT2D eigenvalue weighted by atomic mass is 10.1. The van der Waals surface area contributed by atoms with Gasteiger partial charge in [-0.15, -0.1) is 0 Å².